The van der Waals surface area contributed by atoms with Crippen molar-refractivity contribution in [3.63, 3.8) is 0 Å². The van der Waals surface area contributed by atoms with Crippen LogP contribution < -0.4 is 10.2 Å². The molecule has 0 saturated carbocycles. The summed E-state index contributed by atoms with van der Waals surface area (Å²) >= 11 is 0. The fourth-order valence-electron chi connectivity index (χ4n) is 1.75. The molecular formula is C12H22N4. The van der Waals surface area contributed by atoms with Crippen molar-refractivity contribution in [3.05, 3.63) is 12.1 Å². The van der Waals surface area contributed by atoms with Gasteiger partial charge < -0.3 is 10.2 Å². The van der Waals surface area contributed by atoms with Crippen LogP contribution in [-0.4, -0.2) is 30.3 Å². The van der Waals surface area contributed by atoms with Gasteiger partial charge in [-0.2, -0.15) is 0 Å². The first-order valence-electron chi connectivity index (χ1n) is 6.16. The highest BCUT2D eigenvalue weighted by Crippen LogP contribution is 2.17. The highest BCUT2D eigenvalue weighted by Gasteiger charge is 2.11. The molecule has 0 unspecified atom stereocenters. The summed E-state index contributed by atoms with van der Waals surface area (Å²) in [6.07, 6.45) is 3.89. The third kappa shape index (κ3) is 3.36. The number of nitrogens with zero attached hydrogens (tertiary/aromatic N) is 3. The van der Waals surface area contributed by atoms with Gasteiger partial charge in [0.1, 0.15) is 5.82 Å². The van der Waals surface area contributed by atoms with E-state index in [2.05, 4.69) is 20.4 Å². The largest absolute Gasteiger partial charge is 0.372 e. The van der Waals surface area contributed by atoms with Crippen molar-refractivity contribution in [1.29, 1.82) is 0 Å². The molecule has 0 aliphatic carbocycles. The van der Waals surface area contributed by atoms with Crippen molar-refractivity contribution < 1.29 is 0 Å². The molecule has 0 spiro atoms. The molecule has 0 amide bonds. The van der Waals surface area contributed by atoms with Crippen LogP contribution in [0.1, 0.15) is 33.1 Å². The Kier molecular flexibility index (Phi) is 5.61. The van der Waals surface area contributed by atoms with Crippen LogP contribution in [0.5, 0.6) is 0 Å². The quantitative estimate of drug-likeness (QED) is 0.835. The Labute approximate surface area is 98.1 Å². The molecular weight excluding hydrogens is 200 g/mol. The van der Waals surface area contributed by atoms with Gasteiger partial charge in [-0.15, -0.1) is 10.2 Å². The maximum absolute atomic E-state index is 4.19. The van der Waals surface area contributed by atoms with Gasteiger partial charge in [0.25, 0.3) is 0 Å². The molecule has 2 rings (SSSR count). The van der Waals surface area contributed by atoms with E-state index in [9.17, 15) is 0 Å². The third-order valence-electron chi connectivity index (χ3n) is 2.59. The van der Waals surface area contributed by atoms with Gasteiger partial charge >= 0.3 is 0 Å². The van der Waals surface area contributed by atoms with Gasteiger partial charge in [0.2, 0.25) is 0 Å². The van der Waals surface area contributed by atoms with E-state index in [1.807, 2.05) is 33.0 Å². The average Bonchev–Trinajstić information content (AvgIpc) is 2.42. The molecule has 1 aliphatic rings. The molecule has 1 saturated heterocycles. The molecule has 1 fully saturated rings. The van der Waals surface area contributed by atoms with E-state index < -0.39 is 0 Å². The van der Waals surface area contributed by atoms with Crippen LogP contribution in [0.15, 0.2) is 12.1 Å². The maximum Gasteiger partial charge on any atom is 0.151 e. The Balaban J connectivity index is 0.000000606. The van der Waals surface area contributed by atoms with Gasteiger partial charge in [-0.1, -0.05) is 13.8 Å². The van der Waals surface area contributed by atoms with Gasteiger partial charge in [-0.05, 0) is 31.4 Å². The van der Waals surface area contributed by atoms with Gasteiger partial charge in [0.15, 0.2) is 5.82 Å². The molecule has 90 valence electrons. The van der Waals surface area contributed by atoms with E-state index in [1.165, 1.54) is 19.3 Å². The fraction of sp³-hybridized carbons (Fsp3) is 0.667. The minimum Gasteiger partial charge on any atom is -0.372 e. The van der Waals surface area contributed by atoms with Crippen LogP contribution in [0, 0.1) is 0 Å². The number of piperidine rings is 1. The molecule has 4 nitrogen and oxygen atoms in total. The minimum absolute atomic E-state index is 0.825. The van der Waals surface area contributed by atoms with Crippen molar-refractivity contribution in [2.24, 2.45) is 0 Å². The number of nitrogens with one attached hydrogen (secondary N) is 1. The summed E-state index contributed by atoms with van der Waals surface area (Å²) in [5.74, 6) is 1.83. The normalized spacial score (nSPS) is 15.1. The molecule has 16 heavy (non-hydrogen) atoms. The van der Waals surface area contributed by atoms with Crippen molar-refractivity contribution >= 4 is 11.6 Å². The molecule has 0 atom stereocenters. The summed E-state index contributed by atoms with van der Waals surface area (Å²) in [7, 11) is 1.85. The lowest BCUT2D eigenvalue weighted by atomic mass is 10.1. The van der Waals surface area contributed by atoms with Crippen LogP contribution in [-0.2, 0) is 0 Å². The van der Waals surface area contributed by atoms with E-state index >= 15 is 0 Å². The third-order valence-corrected chi connectivity index (χ3v) is 2.59. The molecule has 1 N–H and O–H groups in total. The second-order valence-electron chi connectivity index (χ2n) is 3.57. The molecule has 4 heteroatoms. The lowest BCUT2D eigenvalue weighted by molar-refractivity contribution is 0.571. The summed E-state index contributed by atoms with van der Waals surface area (Å²) < 4.78 is 0. The summed E-state index contributed by atoms with van der Waals surface area (Å²) in [4.78, 5) is 2.30. The summed E-state index contributed by atoms with van der Waals surface area (Å²) in [5.41, 5.74) is 0. The number of aromatic nitrogens is 2. The Bertz CT molecular complexity index is 278. The van der Waals surface area contributed by atoms with Crippen molar-refractivity contribution in [2.45, 2.75) is 33.1 Å². The van der Waals surface area contributed by atoms with Crippen molar-refractivity contribution in [3.8, 4) is 0 Å². The zero-order valence-corrected chi connectivity index (χ0v) is 10.5. The second-order valence-corrected chi connectivity index (χ2v) is 3.57. The molecule has 0 aromatic carbocycles. The predicted molar refractivity (Wildman–Crippen MR) is 69.0 cm³/mol. The van der Waals surface area contributed by atoms with Crippen LogP contribution in [0.25, 0.3) is 0 Å². The Morgan fingerprint density at radius 1 is 1.06 bits per heavy atom. The first-order chi connectivity index (χ1) is 7.90. The van der Waals surface area contributed by atoms with E-state index in [0.717, 1.165) is 24.7 Å². The summed E-state index contributed by atoms with van der Waals surface area (Å²) in [6, 6.07) is 4.00. The molecule has 0 bridgehead atoms. The Morgan fingerprint density at radius 3 is 2.25 bits per heavy atom. The van der Waals surface area contributed by atoms with Gasteiger partial charge in [0, 0.05) is 20.1 Å². The number of anilines is 2. The van der Waals surface area contributed by atoms with Crippen LogP contribution in [0.2, 0.25) is 0 Å². The van der Waals surface area contributed by atoms with E-state index in [1.54, 1.807) is 0 Å². The molecule has 0 radical (unpaired) electrons. The number of hydrogen-bond donors (Lipinski definition) is 1. The maximum atomic E-state index is 4.19. The summed E-state index contributed by atoms with van der Waals surface area (Å²) in [6.45, 7) is 6.24. The highest BCUT2D eigenvalue weighted by atomic mass is 15.3. The molecule has 1 aliphatic heterocycles. The van der Waals surface area contributed by atoms with Gasteiger partial charge in [-0.3, -0.25) is 0 Å². The van der Waals surface area contributed by atoms with Crippen molar-refractivity contribution in [1.82, 2.24) is 10.2 Å². The summed E-state index contributed by atoms with van der Waals surface area (Å²) in [5, 5.41) is 11.2. The minimum atomic E-state index is 0.825. The zero-order valence-electron chi connectivity index (χ0n) is 10.5. The molecule has 1 aromatic heterocycles. The lowest BCUT2D eigenvalue weighted by Gasteiger charge is -2.27. The van der Waals surface area contributed by atoms with Gasteiger partial charge in [-0.25, -0.2) is 0 Å². The van der Waals surface area contributed by atoms with Crippen molar-refractivity contribution in [2.75, 3.05) is 30.4 Å². The first kappa shape index (κ1) is 12.7. The number of rotatable bonds is 2. The number of hydrogen-bond acceptors (Lipinski definition) is 4. The topological polar surface area (TPSA) is 41.0 Å². The van der Waals surface area contributed by atoms with E-state index in [0.29, 0.717) is 0 Å². The van der Waals surface area contributed by atoms with Crippen LogP contribution >= 0.6 is 0 Å². The van der Waals surface area contributed by atoms with E-state index in [-0.39, 0.29) is 0 Å². The fourth-order valence-corrected chi connectivity index (χ4v) is 1.75. The van der Waals surface area contributed by atoms with Gasteiger partial charge in [0.05, 0.1) is 0 Å². The second kappa shape index (κ2) is 7.04. The lowest BCUT2D eigenvalue weighted by Crippen LogP contribution is -2.30. The zero-order chi connectivity index (χ0) is 11.8. The SMILES string of the molecule is CC.CNc1ccc(N2CCCCC2)nn1. The molecule has 1 aromatic rings. The first-order valence-corrected chi connectivity index (χ1v) is 6.16. The Morgan fingerprint density at radius 2 is 1.75 bits per heavy atom. The van der Waals surface area contributed by atoms with Crippen LogP contribution in [0.3, 0.4) is 0 Å². The monoisotopic (exact) mass is 222 g/mol. The standard InChI is InChI=1S/C10H16N4.C2H6/c1-11-9-5-6-10(13-12-9)14-7-3-2-4-8-14;1-2/h5-6H,2-4,7-8H2,1H3,(H,11,12);1-2H3. The van der Waals surface area contributed by atoms with E-state index in [4.69, 9.17) is 0 Å². The highest BCUT2D eigenvalue weighted by molar-refractivity contribution is 5.43. The average molecular weight is 222 g/mol. The Hall–Kier alpha value is -1.32. The predicted octanol–water partition coefficient (Wildman–Crippen LogP) is 2.53. The molecule has 2 heterocycles. The van der Waals surface area contributed by atoms with Crippen LogP contribution in [0.4, 0.5) is 11.6 Å². The smallest absolute Gasteiger partial charge is 0.151 e.